The largest absolute Gasteiger partial charge is 0.371 e. The van der Waals surface area contributed by atoms with Crippen LogP contribution in [-0.4, -0.2) is 45.8 Å². The van der Waals surface area contributed by atoms with Crippen LogP contribution in [0.1, 0.15) is 23.2 Å². The third kappa shape index (κ3) is 4.29. The number of rotatable bonds is 5. The molecule has 28 heavy (non-hydrogen) atoms. The Morgan fingerprint density at radius 3 is 2.46 bits per heavy atom. The van der Waals surface area contributed by atoms with E-state index < -0.39 is 21.7 Å². The van der Waals surface area contributed by atoms with E-state index in [2.05, 4.69) is 10.2 Å². The number of carbonyl (C=O) groups excluding carboxylic acids is 1. The van der Waals surface area contributed by atoms with Crippen LogP contribution in [0.25, 0.3) is 0 Å². The highest BCUT2D eigenvalue weighted by atomic mass is 35.5. The highest BCUT2D eigenvalue weighted by Gasteiger charge is 2.23. The van der Waals surface area contributed by atoms with Gasteiger partial charge in [-0.25, -0.2) is 17.1 Å². The van der Waals surface area contributed by atoms with Gasteiger partial charge in [-0.3, -0.25) is 4.79 Å². The van der Waals surface area contributed by atoms with Crippen molar-refractivity contribution in [3.05, 3.63) is 52.8 Å². The Hall–Kier alpha value is -2.16. The highest BCUT2D eigenvalue weighted by Crippen LogP contribution is 2.27. The number of benzene rings is 2. The van der Waals surface area contributed by atoms with Crippen molar-refractivity contribution in [2.45, 2.75) is 17.7 Å². The van der Waals surface area contributed by atoms with Gasteiger partial charge in [0.25, 0.3) is 5.91 Å². The summed E-state index contributed by atoms with van der Waals surface area (Å²) in [4.78, 5) is 14.5. The van der Waals surface area contributed by atoms with Gasteiger partial charge >= 0.3 is 0 Å². The van der Waals surface area contributed by atoms with Gasteiger partial charge in [-0.2, -0.15) is 0 Å². The van der Waals surface area contributed by atoms with E-state index in [9.17, 15) is 17.6 Å². The van der Waals surface area contributed by atoms with E-state index >= 15 is 0 Å². The Bertz CT molecular complexity index is 1010. The van der Waals surface area contributed by atoms with Crippen LogP contribution in [0.15, 0.2) is 41.3 Å². The maximum Gasteiger partial charge on any atom is 0.255 e. The molecule has 1 N–H and O–H groups in total. The topological polar surface area (TPSA) is 69.7 Å². The molecule has 0 radical (unpaired) electrons. The van der Waals surface area contributed by atoms with Crippen LogP contribution in [0.2, 0.25) is 5.02 Å². The molecule has 0 aliphatic carbocycles. The number of halogens is 2. The van der Waals surface area contributed by atoms with Crippen molar-refractivity contribution < 1.29 is 17.6 Å². The number of nitrogens with zero attached hydrogens (tertiary/aromatic N) is 2. The van der Waals surface area contributed by atoms with E-state index in [1.54, 1.807) is 6.07 Å². The van der Waals surface area contributed by atoms with E-state index in [0.29, 0.717) is 11.4 Å². The number of hydrogen-bond donors (Lipinski definition) is 1. The average molecular weight is 426 g/mol. The molecule has 1 heterocycles. The van der Waals surface area contributed by atoms with Crippen molar-refractivity contribution in [3.8, 4) is 0 Å². The Kier molecular flexibility index (Phi) is 5.92. The third-order valence-corrected chi connectivity index (χ3v) is 6.86. The normalized spacial score (nSPS) is 14.5. The van der Waals surface area contributed by atoms with Crippen LogP contribution in [0.4, 0.5) is 15.8 Å². The maximum absolute atomic E-state index is 14.0. The average Bonchev–Trinajstić information content (AvgIpc) is 3.16. The Morgan fingerprint density at radius 1 is 1.14 bits per heavy atom. The molecule has 0 atom stereocenters. The smallest absolute Gasteiger partial charge is 0.255 e. The molecule has 0 aromatic heterocycles. The van der Waals surface area contributed by atoms with E-state index in [0.717, 1.165) is 30.2 Å². The lowest BCUT2D eigenvalue weighted by Crippen LogP contribution is -2.23. The molecule has 1 amide bonds. The predicted octanol–water partition coefficient (Wildman–Crippen LogP) is 3.58. The second-order valence-electron chi connectivity index (χ2n) is 6.78. The standard InChI is InChI=1S/C19H21ClFN3O3S/c1-23(2)28(26,27)18-9-13(5-6-17(18)20)19(25)22-15-10-14(21)11-16(12-15)24-7-3-4-8-24/h5-6,9-12H,3-4,7-8H2,1-2H3,(H,22,25). The first-order valence-electron chi connectivity index (χ1n) is 8.77. The molecular formula is C19H21ClFN3O3S. The Morgan fingerprint density at radius 2 is 1.82 bits per heavy atom. The summed E-state index contributed by atoms with van der Waals surface area (Å²) in [6.07, 6.45) is 2.10. The molecule has 9 heteroatoms. The predicted molar refractivity (Wildman–Crippen MR) is 108 cm³/mol. The minimum absolute atomic E-state index is 0.0207. The summed E-state index contributed by atoms with van der Waals surface area (Å²) in [5, 5.41) is 2.65. The molecule has 0 bridgehead atoms. The van der Waals surface area contributed by atoms with Gasteiger partial charge in [0.2, 0.25) is 10.0 Å². The summed E-state index contributed by atoms with van der Waals surface area (Å²) in [5.41, 5.74) is 1.12. The van der Waals surface area contributed by atoms with Crippen molar-refractivity contribution in [2.75, 3.05) is 37.4 Å². The number of anilines is 2. The molecule has 0 spiro atoms. The van der Waals surface area contributed by atoms with Crippen molar-refractivity contribution in [3.63, 3.8) is 0 Å². The van der Waals surface area contributed by atoms with Gasteiger partial charge in [0.15, 0.2) is 0 Å². The molecular weight excluding hydrogens is 405 g/mol. The molecule has 6 nitrogen and oxygen atoms in total. The van der Waals surface area contributed by atoms with Gasteiger partial charge in [0, 0.05) is 44.1 Å². The van der Waals surface area contributed by atoms with Crippen LogP contribution >= 0.6 is 11.6 Å². The molecule has 1 aliphatic heterocycles. The highest BCUT2D eigenvalue weighted by molar-refractivity contribution is 7.89. The fraction of sp³-hybridized carbons (Fsp3) is 0.316. The second-order valence-corrected chi connectivity index (χ2v) is 9.31. The SMILES string of the molecule is CN(C)S(=O)(=O)c1cc(C(=O)Nc2cc(F)cc(N3CCCC3)c2)ccc1Cl. The van der Waals surface area contributed by atoms with Gasteiger partial charge in [-0.05, 0) is 49.2 Å². The van der Waals surface area contributed by atoms with Gasteiger partial charge in [0.1, 0.15) is 10.7 Å². The first-order valence-corrected chi connectivity index (χ1v) is 10.6. The van der Waals surface area contributed by atoms with E-state index in [4.69, 9.17) is 11.6 Å². The zero-order valence-electron chi connectivity index (χ0n) is 15.6. The van der Waals surface area contributed by atoms with E-state index in [1.165, 1.54) is 44.4 Å². The van der Waals surface area contributed by atoms with Gasteiger partial charge in [-0.1, -0.05) is 11.6 Å². The quantitative estimate of drug-likeness (QED) is 0.794. The molecule has 2 aromatic carbocycles. The summed E-state index contributed by atoms with van der Waals surface area (Å²) in [6, 6.07) is 8.37. The molecule has 1 fully saturated rings. The van der Waals surface area contributed by atoms with Gasteiger partial charge in [-0.15, -0.1) is 0 Å². The van der Waals surface area contributed by atoms with Gasteiger partial charge in [0.05, 0.1) is 5.02 Å². The summed E-state index contributed by atoms with van der Waals surface area (Å²) < 4.78 is 39.8. The summed E-state index contributed by atoms with van der Waals surface area (Å²) in [6.45, 7) is 1.69. The lowest BCUT2D eigenvalue weighted by molar-refractivity contribution is 0.102. The van der Waals surface area contributed by atoms with Crippen LogP contribution < -0.4 is 10.2 Å². The summed E-state index contributed by atoms with van der Waals surface area (Å²) >= 11 is 6.01. The first-order chi connectivity index (χ1) is 13.2. The Labute approximate surface area is 168 Å². The molecule has 1 aliphatic rings. The van der Waals surface area contributed by atoms with E-state index in [1.807, 2.05) is 0 Å². The molecule has 2 aromatic rings. The van der Waals surface area contributed by atoms with Crippen molar-refractivity contribution >= 4 is 38.9 Å². The van der Waals surface area contributed by atoms with Crippen LogP contribution in [0, 0.1) is 5.82 Å². The van der Waals surface area contributed by atoms with Crippen LogP contribution in [-0.2, 0) is 10.0 Å². The lowest BCUT2D eigenvalue weighted by atomic mass is 10.2. The second kappa shape index (κ2) is 8.06. The molecule has 150 valence electrons. The van der Waals surface area contributed by atoms with E-state index in [-0.39, 0.29) is 15.5 Å². The third-order valence-electron chi connectivity index (χ3n) is 4.56. The fourth-order valence-corrected chi connectivity index (χ4v) is 4.44. The number of carbonyl (C=O) groups is 1. The lowest BCUT2D eigenvalue weighted by Gasteiger charge is -2.19. The molecule has 0 saturated carbocycles. The number of sulfonamides is 1. The molecule has 1 saturated heterocycles. The van der Waals surface area contributed by atoms with Crippen molar-refractivity contribution in [1.82, 2.24) is 4.31 Å². The molecule has 3 rings (SSSR count). The van der Waals surface area contributed by atoms with Crippen LogP contribution in [0.3, 0.4) is 0 Å². The first kappa shape index (κ1) is 20.6. The minimum atomic E-state index is -3.81. The number of nitrogens with one attached hydrogen (secondary N) is 1. The minimum Gasteiger partial charge on any atom is -0.371 e. The van der Waals surface area contributed by atoms with Crippen LogP contribution in [0.5, 0.6) is 0 Å². The number of hydrogen-bond acceptors (Lipinski definition) is 4. The summed E-state index contributed by atoms with van der Waals surface area (Å²) in [5.74, 6) is -1.00. The molecule has 0 unspecified atom stereocenters. The number of amides is 1. The monoisotopic (exact) mass is 425 g/mol. The Balaban J connectivity index is 1.88. The van der Waals surface area contributed by atoms with Crippen molar-refractivity contribution in [2.24, 2.45) is 0 Å². The summed E-state index contributed by atoms with van der Waals surface area (Å²) in [7, 11) is -1.05. The fourth-order valence-electron chi connectivity index (χ4n) is 3.05. The zero-order valence-corrected chi connectivity index (χ0v) is 17.1. The van der Waals surface area contributed by atoms with Crippen molar-refractivity contribution in [1.29, 1.82) is 0 Å². The van der Waals surface area contributed by atoms with Gasteiger partial charge < -0.3 is 10.2 Å². The maximum atomic E-state index is 14.0. The zero-order chi connectivity index (χ0) is 20.5.